The first-order valence-corrected chi connectivity index (χ1v) is 21.2. The molecule has 0 aliphatic heterocycles. The van der Waals surface area contributed by atoms with Crippen LogP contribution in [0.1, 0.15) is 47.2 Å². The first-order valence-electron chi connectivity index (χ1n) is 20.3. The zero-order chi connectivity index (χ0) is 38.3. The van der Waals surface area contributed by atoms with Crippen molar-refractivity contribution in [2.45, 2.75) is 24.7 Å². The predicted molar refractivity (Wildman–Crippen MR) is 245 cm³/mol. The Morgan fingerprint density at radius 3 is 1.60 bits per heavy atom. The molecule has 0 atom stereocenters. The average Bonchev–Trinajstić information content (AvgIpc) is 3.97. The van der Waals surface area contributed by atoms with Gasteiger partial charge in [-0.2, -0.15) is 0 Å². The largest absolute Gasteiger partial charge is 0.309 e. The molecule has 1 aromatic heterocycles. The molecule has 9 aromatic carbocycles. The Balaban J connectivity index is 1.12. The fourth-order valence-electron chi connectivity index (χ4n) is 11.2. The van der Waals surface area contributed by atoms with Gasteiger partial charge in [-0.1, -0.05) is 166 Å². The van der Waals surface area contributed by atoms with Crippen molar-refractivity contribution in [2.75, 3.05) is 4.90 Å². The Morgan fingerprint density at radius 1 is 0.397 bits per heavy atom. The van der Waals surface area contributed by atoms with Crippen LogP contribution in [0.15, 0.2) is 188 Å². The molecular formula is C56H37NS. The minimum atomic E-state index is -0.381. The van der Waals surface area contributed by atoms with Gasteiger partial charge in [-0.25, -0.2) is 0 Å². The highest BCUT2D eigenvalue weighted by atomic mass is 32.1. The van der Waals surface area contributed by atoms with Crippen LogP contribution in [0.3, 0.4) is 0 Å². The summed E-state index contributed by atoms with van der Waals surface area (Å²) in [4.78, 5) is 2.56. The molecule has 0 unspecified atom stereocenters. The molecule has 3 aliphatic carbocycles. The van der Waals surface area contributed by atoms with Crippen LogP contribution in [-0.2, 0) is 10.8 Å². The van der Waals surface area contributed by atoms with E-state index in [1.54, 1.807) is 0 Å². The fraction of sp³-hybridized carbons (Fsp3) is 0.0714. The monoisotopic (exact) mass is 755 g/mol. The van der Waals surface area contributed by atoms with E-state index in [2.05, 4.69) is 207 Å². The van der Waals surface area contributed by atoms with Crippen molar-refractivity contribution in [3.05, 3.63) is 221 Å². The summed E-state index contributed by atoms with van der Waals surface area (Å²) in [6.45, 7) is 4.77. The van der Waals surface area contributed by atoms with Gasteiger partial charge in [-0.3, -0.25) is 0 Å². The fourth-order valence-corrected chi connectivity index (χ4v) is 12.4. The maximum absolute atomic E-state index is 2.56. The van der Waals surface area contributed by atoms with E-state index < -0.39 is 0 Å². The lowest BCUT2D eigenvalue weighted by molar-refractivity contribution is 0.660. The number of anilines is 3. The van der Waals surface area contributed by atoms with Crippen LogP contribution in [0.5, 0.6) is 0 Å². The molecule has 1 spiro atoms. The van der Waals surface area contributed by atoms with Gasteiger partial charge in [-0.15, -0.1) is 11.3 Å². The molecule has 13 rings (SSSR count). The topological polar surface area (TPSA) is 3.24 Å². The van der Waals surface area contributed by atoms with Crippen LogP contribution in [0.4, 0.5) is 17.1 Å². The van der Waals surface area contributed by atoms with Crippen molar-refractivity contribution >= 4 is 59.3 Å². The van der Waals surface area contributed by atoms with Crippen molar-refractivity contribution < 1.29 is 0 Å². The van der Waals surface area contributed by atoms with E-state index in [4.69, 9.17) is 0 Å². The normalized spacial score (nSPS) is 14.7. The van der Waals surface area contributed by atoms with Gasteiger partial charge in [0.1, 0.15) is 0 Å². The summed E-state index contributed by atoms with van der Waals surface area (Å²) in [6, 6.07) is 71.1. The summed E-state index contributed by atoms with van der Waals surface area (Å²) in [6.07, 6.45) is 0. The van der Waals surface area contributed by atoms with E-state index in [-0.39, 0.29) is 10.8 Å². The minimum absolute atomic E-state index is 0.129. The number of thiophene rings is 1. The smallest absolute Gasteiger partial charge is 0.0725 e. The Labute approximate surface area is 342 Å². The van der Waals surface area contributed by atoms with Crippen LogP contribution in [0.25, 0.3) is 64.3 Å². The van der Waals surface area contributed by atoms with Gasteiger partial charge in [0.15, 0.2) is 0 Å². The first-order chi connectivity index (χ1) is 28.5. The predicted octanol–water partition coefficient (Wildman–Crippen LogP) is 15.3. The number of benzene rings is 9. The Hall–Kier alpha value is -6.74. The molecule has 0 N–H and O–H groups in total. The molecule has 1 nitrogen and oxygen atoms in total. The number of rotatable bonds is 3. The maximum atomic E-state index is 2.56. The summed E-state index contributed by atoms with van der Waals surface area (Å²) in [5.74, 6) is 0. The molecule has 0 amide bonds. The van der Waals surface area contributed by atoms with Gasteiger partial charge in [0.25, 0.3) is 0 Å². The third-order valence-electron chi connectivity index (χ3n) is 13.7. The van der Waals surface area contributed by atoms with Crippen molar-refractivity contribution in [1.82, 2.24) is 0 Å². The molecule has 0 saturated heterocycles. The summed E-state index contributed by atoms with van der Waals surface area (Å²) in [5, 5.41) is 5.19. The second-order valence-electron chi connectivity index (χ2n) is 16.8. The lowest BCUT2D eigenvalue weighted by Crippen LogP contribution is -2.25. The van der Waals surface area contributed by atoms with Crippen LogP contribution in [0.2, 0.25) is 0 Å². The standard InChI is InChI=1S/C56H37NS/c1-55(2)45-22-10-5-17-38(45)42-29-27-36(33-50(42)55)57(51-31-34-15-3-4-16-37(34)53-43-21-9-14-26-52(43)58-54(51)53)35-28-30-49-44(32-35)41-20-8-13-25-48(41)56(49)46-23-11-6-18-39(46)40-19-7-12-24-47(40)56/h3-33H,1-2H3. The van der Waals surface area contributed by atoms with Crippen molar-refractivity contribution in [1.29, 1.82) is 0 Å². The lowest BCUT2D eigenvalue weighted by Gasteiger charge is -2.31. The third kappa shape index (κ3) is 4.00. The van der Waals surface area contributed by atoms with Crippen molar-refractivity contribution in [2.24, 2.45) is 0 Å². The molecule has 0 radical (unpaired) electrons. The van der Waals surface area contributed by atoms with Gasteiger partial charge in [0.05, 0.1) is 15.8 Å². The summed E-state index contributed by atoms with van der Waals surface area (Å²) in [5.41, 5.74) is 19.2. The van der Waals surface area contributed by atoms with Gasteiger partial charge in [0, 0.05) is 32.3 Å². The summed E-state index contributed by atoms with van der Waals surface area (Å²) in [7, 11) is 0. The highest BCUT2D eigenvalue weighted by Crippen LogP contribution is 2.63. The Bertz CT molecular complexity index is 3350. The maximum Gasteiger partial charge on any atom is 0.0725 e. The second kappa shape index (κ2) is 11.4. The molecule has 0 saturated carbocycles. The van der Waals surface area contributed by atoms with Gasteiger partial charge in [-0.05, 0) is 114 Å². The van der Waals surface area contributed by atoms with Crippen LogP contribution < -0.4 is 4.90 Å². The van der Waals surface area contributed by atoms with Crippen LogP contribution >= 0.6 is 11.3 Å². The van der Waals surface area contributed by atoms with Crippen molar-refractivity contribution in [3.8, 4) is 33.4 Å². The molecule has 0 bridgehead atoms. The highest BCUT2D eigenvalue weighted by Gasteiger charge is 2.51. The number of hydrogen-bond donors (Lipinski definition) is 0. The third-order valence-corrected chi connectivity index (χ3v) is 14.8. The Kier molecular flexibility index (Phi) is 6.38. The number of fused-ring (bicyclic) bond motifs is 18. The highest BCUT2D eigenvalue weighted by molar-refractivity contribution is 7.26. The zero-order valence-electron chi connectivity index (χ0n) is 32.3. The lowest BCUT2D eigenvalue weighted by atomic mass is 9.70. The molecule has 0 fully saturated rings. The Morgan fingerprint density at radius 2 is 0.897 bits per heavy atom. The van der Waals surface area contributed by atoms with Crippen LogP contribution in [0, 0.1) is 0 Å². The van der Waals surface area contributed by atoms with E-state index >= 15 is 0 Å². The number of hydrogen-bond acceptors (Lipinski definition) is 2. The molecule has 58 heavy (non-hydrogen) atoms. The van der Waals surface area contributed by atoms with Gasteiger partial charge < -0.3 is 4.90 Å². The molecule has 272 valence electrons. The molecular weight excluding hydrogens is 719 g/mol. The minimum Gasteiger partial charge on any atom is -0.309 e. The quantitative estimate of drug-likeness (QED) is 0.174. The first kappa shape index (κ1) is 32.4. The molecule has 3 aliphatic rings. The van der Waals surface area contributed by atoms with Crippen LogP contribution in [-0.4, -0.2) is 0 Å². The average molecular weight is 756 g/mol. The van der Waals surface area contributed by atoms with E-state index in [1.165, 1.54) is 109 Å². The molecule has 10 aromatic rings. The van der Waals surface area contributed by atoms with E-state index in [0.29, 0.717) is 0 Å². The van der Waals surface area contributed by atoms with Gasteiger partial charge >= 0.3 is 0 Å². The number of nitrogens with zero attached hydrogens (tertiary/aromatic N) is 1. The molecule has 2 heteroatoms. The van der Waals surface area contributed by atoms with E-state index in [0.717, 1.165) is 5.69 Å². The molecule has 1 heterocycles. The zero-order valence-corrected chi connectivity index (χ0v) is 33.1. The second-order valence-corrected chi connectivity index (χ2v) is 17.8. The van der Waals surface area contributed by atoms with Gasteiger partial charge in [0.2, 0.25) is 0 Å². The van der Waals surface area contributed by atoms with E-state index in [9.17, 15) is 0 Å². The van der Waals surface area contributed by atoms with Crippen molar-refractivity contribution in [3.63, 3.8) is 0 Å². The SMILES string of the molecule is CC1(C)c2ccccc2-c2ccc(N(c3ccc4c(c3)-c3ccccc3C43c4ccccc4-c4ccccc43)c3cc4ccccc4c4c3sc3ccccc34)cc21. The van der Waals surface area contributed by atoms with E-state index in [1.807, 2.05) is 11.3 Å². The summed E-state index contributed by atoms with van der Waals surface area (Å²) >= 11 is 1.91. The summed E-state index contributed by atoms with van der Waals surface area (Å²) < 4.78 is 2.61.